The van der Waals surface area contributed by atoms with Crippen LogP contribution in [0.5, 0.6) is 0 Å². The van der Waals surface area contributed by atoms with E-state index in [1.54, 1.807) is 0 Å². The molecule has 2 rings (SSSR count). The number of benzene rings is 1. The minimum absolute atomic E-state index is 0.0302. The zero-order valence-electron chi connectivity index (χ0n) is 13.7. The molecule has 0 spiro atoms. The van der Waals surface area contributed by atoms with Gasteiger partial charge in [-0.15, -0.1) is 0 Å². The van der Waals surface area contributed by atoms with Crippen LogP contribution in [0.15, 0.2) is 18.2 Å². The standard InChI is InChI=1S/C16H22BrFNO2Si/c1-15(2,3)12-7-6-8-13(11(12)9-21-22(4)5)19-10-16(17,18)14(19)20/h6-8H,9-10H2,1-5H3. The molecule has 121 valence electrons. The van der Waals surface area contributed by atoms with Crippen molar-refractivity contribution in [1.82, 2.24) is 0 Å². The van der Waals surface area contributed by atoms with Crippen LogP contribution in [-0.4, -0.2) is 26.1 Å². The first-order valence-corrected chi connectivity index (χ1v) is 10.5. The predicted molar refractivity (Wildman–Crippen MR) is 92.5 cm³/mol. The summed E-state index contributed by atoms with van der Waals surface area (Å²) in [7, 11) is -0.847. The molecule has 1 unspecified atom stereocenters. The van der Waals surface area contributed by atoms with Crippen molar-refractivity contribution in [2.45, 2.75) is 50.5 Å². The Hall–Kier alpha value is -0.723. The molecule has 1 aromatic carbocycles. The van der Waals surface area contributed by atoms with E-state index in [9.17, 15) is 9.18 Å². The fourth-order valence-corrected chi connectivity index (χ4v) is 3.43. The number of carbonyl (C=O) groups excluding carboxylic acids is 1. The second-order valence-corrected chi connectivity index (χ2v) is 10.2. The molecule has 1 heterocycles. The molecule has 1 amide bonds. The Kier molecular flexibility index (Phi) is 4.85. The number of nitrogens with zero attached hydrogens (tertiary/aromatic N) is 1. The maximum Gasteiger partial charge on any atom is 0.277 e. The van der Waals surface area contributed by atoms with Crippen LogP contribution in [0.25, 0.3) is 0 Å². The van der Waals surface area contributed by atoms with Gasteiger partial charge < -0.3 is 9.33 Å². The molecule has 22 heavy (non-hydrogen) atoms. The number of halogens is 2. The molecule has 1 aromatic rings. The van der Waals surface area contributed by atoms with E-state index in [2.05, 4.69) is 55.9 Å². The third-order valence-electron chi connectivity index (χ3n) is 3.67. The molecule has 1 radical (unpaired) electrons. The molecular weight excluding hydrogens is 365 g/mol. The van der Waals surface area contributed by atoms with Gasteiger partial charge in [0.15, 0.2) is 0 Å². The molecule has 1 aliphatic rings. The van der Waals surface area contributed by atoms with Gasteiger partial charge in [-0.3, -0.25) is 4.79 Å². The maximum atomic E-state index is 13.8. The lowest BCUT2D eigenvalue weighted by molar-refractivity contribution is -0.130. The number of anilines is 1. The van der Waals surface area contributed by atoms with Gasteiger partial charge in [0.25, 0.3) is 10.5 Å². The molecule has 3 nitrogen and oxygen atoms in total. The summed E-state index contributed by atoms with van der Waals surface area (Å²) in [6.07, 6.45) is 0. The normalized spacial score (nSPS) is 22.2. The SMILES string of the molecule is C[Si](C)OCc1c(N2CC(F)(Br)C2=O)cccc1C(C)(C)C. The summed E-state index contributed by atoms with van der Waals surface area (Å²) in [6.45, 7) is 11.0. The van der Waals surface area contributed by atoms with Crippen LogP contribution in [0.2, 0.25) is 13.1 Å². The molecule has 0 saturated carbocycles. The molecule has 1 saturated heterocycles. The first-order chi connectivity index (χ1) is 10.0. The smallest absolute Gasteiger partial charge is 0.277 e. The molecule has 6 heteroatoms. The number of carbonyl (C=O) groups is 1. The van der Waals surface area contributed by atoms with Gasteiger partial charge >= 0.3 is 0 Å². The van der Waals surface area contributed by atoms with E-state index < -0.39 is 19.5 Å². The Bertz CT molecular complexity index is 584. The summed E-state index contributed by atoms with van der Waals surface area (Å²) >= 11 is 2.83. The Morgan fingerprint density at radius 1 is 1.41 bits per heavy atom. The van der Waals surface area contributed by atoms with Gasteiger partial charge in [0.2, 0.25) is 9.04 Å². The molecule has 1 fully saturated rings. The van der Waals surface area contributed by atoms with Gasteiger partial charge in [-0.05, 0) is 46.1 Å². The van der Waals surface area contributed by atoms with Crippen molar-refractivity contribution in [2.24, 2.45) is 0 Å². The summed E-state index contributed by atoms with van der Waals surface area (Å²) in [5, 5.41) is 0. The van der Waals surface area contributed by atoms with E-state index in [1.807, 2.05) is 12.1 Å². The van der Waals surface area contributed by atoms with Gasteiger partial charge in [-0.25, -0.2) is 4.39 Å². The van der Waals surface area contributed by atoms with Crippen molar-refractivity contribution >= 4 is 36.6 Å². The van der Waals surface area contributed by atoms with Crippen LogP contribution in [0.1, 0.15) is 31.9 Å². The zero-order valence-corrected chi connectivity index (χ0v) is 16.3. The highest BCUT2D eigenvalue weighted by Gasteiger charge is 2.52. The number of amides is 1. The average Bonchev–Trinajstić information content (AvgIpc) is 2.41. The summed E-state index contributed by atoms with van der Waals surface area (Å²) in [4.78, 5) is 13.5. The molecule has 1 aliphatic heterocycles. The molecule has 0 bridgehead atoms. The maximum absolute atomic E-state index is 13.8. The van der Waals surface area contributed by atoms with E-state index in [1.165, 1.54) is 4.90 Å². The van der Waals surface area contributed by atoms with Crippen LogP contribution >= 0.6 is 15.9 Å². The number of rotatable bonds is 4. The highest BCUT2D eigenvalue weighted by atomic mass is 79.9. The number of hydrogen-bond acceptors (Lipinski definition) is 2. The molecule has 0 aliphatic carbocycles. The van der Waals surface area contributed by atoms with Crippen molar-refractivity contribution in [3.8, 4) is 0 Å². The highest BCUT2D eigenvalue weighted by molar-refractivity contribution is 9.10. The molecular formula is C16H22BrFNO2Si. The Labute approximate surface area is 141 Å². The minimum Gasteiger partial charge on any atom is -0.413 e. The Morgan fingerprint density at radius 2 is 2.05 bits per heavy atom. The monoisotopic (exact) mass is 386 g/mol. The van der Waals surface area contributed by atoms with E-state index in [0.717, 1.165) is 16.8 Å². The van der Waals surface area contributed by atoms with Gasteiger partial charge in [0.05, 0.1) is 13.2 Å². The largest absolute Gasteiger partial charge is 0.413 e. The van der Waals surface area contributed by atoms with Gasteiger partial charge in [0.1, 0.15) is 0 Å². The van der Waals surface area contributed by atoms with Crippen molar-refractivity contribution in [2.75, 3.05) is 11.4 Å². The third kappa shape index (κ3) is 3.44. The van der Waals surface area contributed by atoms with E-state index in [0.29, 0.717) is 6.61 Å². The number of β-lactam (4-membered cyclic amide) rings is 1. The highest BCUT2D eigenvalue weighted by Crippen LogP contribution is 2.41. The van der Waals surface area contributed by atoms with E-state index in [4.69, 9.17) is 4.43 Å². The van der Waals surface area contributed by atoms with Crippen molar-refractivity contribution in [3.63, 3.8) is 0 Å². The average molecular weight is 387 g/mol. The summed E-state index contributed by atoms with van der Waals surface area (Å²) < 4.78 is 17.8. The molecule has 0 aromatic heterocycles. The van der Waals surface area contributed by atoms with Crippen LogP contribution in [0.4, 0.5) is 10.1 Å². The quantitative estimate of drug-likeness (QED) is 0.441. The van der Waals surface area contributed by atoms with Crippen LogP contribution in [0.3, 0.4) is 0 Å². The number of alkyl halides is 2. The first kappa shape index (κ1) is 17.6. The predicted octanol–water partition coefficient (Wildman–Crippen LogP) is 4.16. The van der Waals surface area contributed by atoms with Gasteiger partial charge in [-0.1, -0.05) is 32.9 Å². The lowest BCUT2D eigenvalue weighted by Crippen LogP contribution is -2.61. The van der Waals surface area contributed by atoms with Gasteiger partial charge in [0, 0.05) is 11.3 Å². The summed E-state index contributed by atoms with van der Waals surface area (Å²) in [5.41, 5.74) is 2.80. The third-order valence-corrected chi connectivity index (χ3v) is 4.98. The minimum atomic E-state index is -1.92. The lowest BCUT2D eigenvalue weighted by atomic mass is 9.83. The first-order valence-electron chi connectivity index (χ1n) is 7.29. The molecule has 1 atom stereocenters. The fourth-order valence-electron chi connectivity index (χ4n) is 2.54. The topological polar surface area (TPSA) is 29.5 Å². The van der Waals surface area contributed by atoms with Crippen molar-refractivity contribution in [1.29, 1.82) is 0 Å². The van der Waals surface area contributed by atoms with E-state index in [-0.39, 0.29) is 12.0 Å². The zero-order chi connectivity index (χ0) is 16.7. The second-order valence-electron chi connectivity index (χ2n) is 6.85. The second kappa shape index (κ2) is 6.05. The van der Waals surface area contributed by atoms with Crippen LogP contribution < -0.4 is 4.90 Å². The van der Waals surface area contributed by atoms with E-state index >= 15 is 0 Å². The lowest BCUT2D eigenvalue weighted by Gasteiger charge is -2.41. The Balaban J connectivity index is 2.43. The van der Waals surface area contributed by atoms with Crippen LogP contribution in [-0.2, 0) is 21.2 Å². The summed E-state index contributed by atoms with van der Waals surface area (Å²) in [5.74, 6) is -0.543. The van der Waals surface area contributed by atoms with Crippen molar-refractivity contribution in [3.05, 3.63) is 29.3 Å². The number of hydrogen-bond donors (Lipinski definition) is 0. The van der Waals surface area contributed by atoms with Crippen molar-refractivity contribution < 1.29 is 13.6 Å². The van der Waals surface area contributed by atoms with Gasteiger partial charge in [-0.2, -0.15) is 0 Å². The Morgan fingerprint density at radius 3 is 2.50 bits per heavy atom. The summed E-state index contributed by atoms with van der Waals surface area (Å²) in [6, 6.07) is 5.84. The fraction of sp³-hybridized carbons (Fsp3) is 0.562. The van der Waals surface area contributed by atoms with Crippen LogP contribution in [0, 0.1) is 0 Å². The molecule has 0 N–H and O–H groups in total.